The van der Waals surface area contributed by atoms with E-state index in [9.17, 15) is 42.3 Å². The van der Waals surface area contributed by atoms with Crippen molar-refractivity contribution in [1.29, 1.82) is 0 Å². The normalized spacial score (nSPS) is 18.3. The number of likely N-dealkylation sites (tertiary alicyclic amines) is 1. The van der Waals surface area contributed by atoms with E-state index in [4.69, 9.17) is 9.47 Å². The molecule has 2 fully saturated rings. The molecule has 348 valence electrons. The summed E-state index contributed by atoms with van der Waals surface area (Å²) >= 11 is 0. The Morgan fingerprint density at radius 2 is 1.68 bits per heavy atom. The molecule has 3 aliphatic heterocycles. The minimum Gasteiger partial charge on any atom is -0.493 e. The average molecular weight is 913 g/mol. The standard InChI is InChI=1S/C45H50F2N10O9/c1-48-13-14-49-41(61)28-10-8-27(9-11-28)34-24-56(54-53-34)22-30-6-4-5-29-21-55(23-32(29)30)38(58)17-31-16-33(52-42(31)62)43(63)51-20-39(59)57-25-45(46,47)18-35(57)40(60)44(64)50-19-26-7-12-36(65-2)37(15-26)66-3/h4-12,15,24,31,33,35,48H,13-14,16-23,25H2,1-3H3,(H,49,61)(H,50,64)(H,51,63)(H,52,62)/t31-,33?,35?/m0/s1. The van der Waals surface area contributed by atoms with Crippen molar-refractivity contribution in [3.8, 4) is 22.8 Å². The number of ether oxygens (including phenoxy) is 2. The van der Waals surface area contributed by atoms with Crippen LogP contribution in [-0.4, -0.2) is 131 Å². The van der Waals surface area contributed by atoms with Crippen molar-refractivity contribution in [1.82, 2.24) is 51.4 Å². The van der Waals surface area contributed by atoms with Crippen molar-refractivity contribution in [2.45, 2.75) is 63.4 Å². The Labute approximate surface area is 377 Å². The van der Waals surface area contributed by atoms with Gasteiger partial charge in [-0.1, -0.05) is 41.6 Å². The van der Waals surface area contributed by atoms with Crippen LogP contribution in [0.15, 0.2) is 66.9 Å². The minimum atomic E-state index is -3.47. The molecule has 4 heterocycles. The molecule has 6 amide bonds. The second kappa shape index (κ2) is 20.3. The number of alkyl halides is 2. The Bertz CT molecular complexity index is 2520. The quantitative estimate of drug-likeness (QED) is 0.0694. The SMILES string of the molecule is CNCCNC(=O)c1ccc(-c2cn(Cc3cccc4c3CN(C(=O)C[C@@H]3CC(C(=O)NCC(=O)N5CC(F)(F)CC5C(=O)C(=O)NCc5ccc(OC)c(OC)c5)NC3=O)C4)nn2)cc1. The molecule has 19 nitrogen and oxygen atoms in total. The molecule has 1 aromatic heterocycles. The zero-order chi connectivity index (χ0) is 47.1. The number of nitrogens with zero attached hydrogens (tertiary/aromatic N) is 5. The van der Waals surface area contributed by atoms with Gasteiger partial charge in [0.2, 0.25) is 29.4 Å². The fraction of sp³-hybridized carbons (Fsp3) is 0.400. The van der Waals surface area contributed by atoms with E-state index in [0.717, 1.165) is 22.3 Å². The molecule has 0 bridgehead atoms. The third kappa shape index (κ3) is 10.8. The molecule has 3 aliphatic rings. The number of nitrogens with one attached hydrogen (secondary N) is 5. The lowest BCUT2D eigenvalue weighted by Gasteiger charge is -2.23. The molecular formula is C45H50F2N10O9. The van der Waals surface area contributed by atoms with Gasteiger partial charge in [0, 0.05) is 62.6 Å². The van der Waals surface area contributed by atoms with E-state index in [1.165, 1.54) is 14.2 Å². The Morgan fingerprint density at radius 1 is 0.909 bits per heavy atom. The number of hydrogen-bond donors (Lipinski definition) is 5. The molecule has 0 saturated carbocycles. The summed E-state index contributed by atoms with van der Waals surface area (Å²) in [5, 5.41) is 21.7. The van der Waals surface area contributed by atoms with E-state index in [2.05, 4.69) is 36.9 Å². The summed E-state index contributed by atoms with van der Waals surface area (Å²) in [7, 11) is 4.68. The number of carbonyl (C=O) groups is 7. The summed E-state index contributed by atoms with van der Waals surface area (Å²) in [6.07, 6.45) is 0.491. The fourth-order valence-electron chi connectivity index (χ4n) is 8.23. The molecule has 3 atom stereocenters. The Morgan fingerprint density at radius 3 is 2.42 bits per heavy atom. The van der Waals surface area contributed by atoms with Crippen LogP contribution in [0.5, 0.6) is 11.5 Å². The number of likely N-dealkylation sites (N-methyl/N-ethyl adjacent to an activating group) is 1. The maximum Gasteiger partial charge on any atom is 0.289 e. The van der Waals surface area contributed by atoms with Gasteiger partial charge >= 0.3 is 0 Å². The summed E-state index contributed by atoms with van der Waals surface area (Å²) in [5.41, 5.74) is 5.29. The van der Waals surface area contributed by atoms with Gasteiger partial charge in [0.15, 0.2) is 11.5 Å². The van der Waals surface area contributed by atoms with Crippen molar-refractivity contribution in [3.05, 3.63) is 94.7 Å². The average Bonchev–Trinajstić information content (AvgIpc) is 4.12. The highest BCUT2D eigenvalue weighted by atomic mass is 19.3. The van der Waals surface area contributed by atoms with E-state index < -0.39 is 72.8 Å². The molecule has 21 heteroatoms. The first-order valence-electron chi connectivity index (χ1n) is 21.3. The summed E-state index contributed by atoms with van der Waals surface area (Å²) in [5.74, 6) is -8.72. The first-order chi connectivity index (χ1) is 31.7. The number of rotatable bonds is 18. The molecule has 2 unspecified atom stereocenters. The van der Waals surface area contributed by atoms with Gasteiger partial charge in [0.1, 0.15) is 17.8 Å². The largest absolute Gasteiger partial charge is 0.493 e. The number of methoxy groups -OCH3 is 2. The minimum absolute atomic E-state index is 0.0546. The predicted octanol–water partition coefficient (Wildman–Crippen LogP) is 0.935. The van der Waals surface area contributed by atoms with Crippen molar-refractivity contribution in [3.63, 3.8) is 0 Å². The van der Waals surface area contributed by atoms with Crippen LogP contribution in [0.25, 0.3) is 11.3 Å². The summed E-state index contributed by atoms with van der Waals surface area (Å²) in [6.45, 7) is 0.0974. The molecule has 0 aliphatic carbocycles. The van der Waals surface area contributed by atoms with Crippen LogP contribution in [0.4, 0.5) is 8.78 Å². The highest BCUT2D eigenvalue weighted by molar-refractivity contribution is 6.38. The van der Waals surface area contributed by atoms with E-state index in [0.29, 0.717) is 65.9 Å². The lowest BCUT2D eigenvalue weighted by molar-refractivity contribution is -0.144. The molecular weight excluding hydrogens is 863 g/mol. The summed E-state index contributed by atoms with van der Waals surface area (Å²) in [4.78, 5) is 93.3. The smallest absolute Gasteiger partial charge is 0.289 e. The summed E-state index contributed by atoms with van der Waals surface area (Å²) < 4.78 is 41.3. The van der Waals surface area contributed by atoms with Gasteiger partial charge in [-0.05, 0) is 60.0 Å². The van der Waals surface area contributed by atoms with Crippen LogP contribution < -0.4 is 36.1 Å². The number of carbonyl (C=O) groups excluding carboxylic acids is 7. The number of fused-ring (bicyclic) bond motifs is 1. The highest BCUT2D eigenvalue weighted by Gasteiger charge is 2.51. The van der Waals surface area contributed by atoms with Gasteiger partial charge in [-0.15, -0.1) is 5.10 Å². The van der Waals surface area contributed by atoms with Crippen LogP contribution in [0.1, 0.15) is 51.9 Å². The van der Waals surface area contributed by atoms with Crippen molar-refractivity contribution >= 4 is 41.2 Å². The Balaban J connectivity index is 0.880. The summed E-state index contributed by atoms with van der Waals surface area (Å²) in [6, 6.07) is 14.7. The second-order valence-electron chi connectivity index (χ2n) is 16.3. The van der Waals surface area contributed by atoms with Gasteiger partial charge in [-0.25, -0.2) is 13.5 Å². The zero-order valence-electron chi connectivity index (χ0n) is 36.5. The molecule has 0 radical (unpaired) electrons. The first kappa shape index (κ1) is 46.7. The van der Waals surface area contributed by atoms with Crippen molar-refractivity contribution in [2.24, 2.45) is 5.92 Å². The van der Waals surface area contributed by atoms with E-state index in [-0.39, 0.29) is 31.2 Å². The Hall–Kier alpha value is -7.29. The van der Waals surface area contributed by atoms with Gasteiger partial charge < -0.3 is 45.9 Å². The molecule has 3 aromatic carbocycles. The van der Waals surface area contributed by atoms with Gasteiger partial charge in [-0.3, -0.25) is 33.6 Å². The van der Waals surface area contributed by atoms with Crippen LogP contribution in [0, 0.1) is 5.92 Å². The van der Waals surface area contributed by atoms with Gasteiger partial charge in [0.25, 0.3) is 17.7 Å². The fourth-order valence-corrected chi connectivity index (χ4v) is 8.23. The molecule has 66 heavy (non-hydrogen) atoms. The monoisotopic (exact) mass is 912 g/mol. The number of Topliss-reactive ketones (excluding diaryl/α,β-unsaturated/α-hetero) is 1. The molecule has 0 spiro atoms. The molecule has 5 N–H and O–H groups in total. The lowest BCUT2D eigenvalue weighted by atomic mass is 10.00. The van der Waals surface area contributed by atoms with Crippen LogP contribution in [-0.2, 0) is 54.9 Å². The van der Waals surface area contributed by atoms with Gasteiger partial charge in [0.05, 0.1) is 40.1 Å². The van der Waals surface area contributed by atoms with E-state index in [1.54, 1.807) is 46.1 Å². The van der Waals surface area contributed by atoms with Crippen LogP contribution in [0.3, 0.4) is 0 Å². The highest BCUT2D eigenvalue weighted by Crippen LogP contribution is 2.33. The van der Waals surface area contributed by atoms with Crippen molar-refractivity contribution < 1.29 is 51.8 Å². The lowest BCUT2D eigenvalue weighted by Crippen LogP contribution is -2.51. The molecule has 4 aromatic rings. The maximum atomic E-state index is 14.6. The van der Waals surface area contributed by atoms with Gasteiger partial charge in [-0.2, -0.15) is 0 Å². The molecule has 7 rings (SSSR count). The van der Waals surface area contributed by atoms with Crippen LogP contribution >= 0.6 is 0 Å². The zero-order valence-corrected chi connectivity index (χ0v) is 36.5. The number of hydrogen-bond acceptors (Lipinski definition) is 12. The second-order valence-corrected chi connectivity index (χ2v) is 16.3. The maximum absolute atomic E-state index is 14.6. The van der Waals surface area contributed by atoms with E-state index >= 15 is 0 Å². The third-order valence-electron chi connectivity index (χ3n) is 11.8. The number of aromatic nitrogens is 3. The van der Waals surface area contributed by atoms with E-state index in [1.807, 2.05) is 37.4 Å². The molecule has 2 saturated heterocycles. The number of ketones is 1. The predicted molar refractivity (Wildman–Crippen MR) is 231 cm³/mol. The van der Waals surface area contributed by atoms with Crippen molar-refractivity contribution in [2.75, 3.05) is 47.4 Å². The first-order valence-corrected chi connectivity index (χ1v) is 21.3. The Kier molecular flexibility index (Phi) is 14.3. The number of halogens is 2. The number of amides is 6. The number of benzene rings is 3. The van der Waals surface area contributed by atoms with Crippen LogP contribution in [0.2, 0.25) is 0 Å². The third-order valence-corrected chi connectivity index (χ3v) is 11.8. The topological polar surface area (TPSA) is 235 Å².